The molecule has 8 aromatic carbocycles. The first-order valence-corrected chi connectivity index (χ1v) is 21.0. The number of hydrogen-bond donors (Lipinski definition) is 0. The molecule has 294 valence electrons. The van der Waals surface area contributed by atoms with E-state index in [9.17, 15) is 0 Å². The lowest BCUT2D eigenvalue weighted by atomic mass is 9.66. The number of para-hydroxylation sites is 3. The summed E-state index contributed by atoms with van der Waals surface area (Å²) in [7, 11) is 0. The van der Waals surface area contributed by atoms with Crippen molar-refractivity contribution in [2.75, 3.05) is 0 Å². The Morgan fingerprint density at radius 2 is 0.810 bits per heavy atom. The Labute approximate surface area is 362 Å². The summed E-state index contributed by atoms with van der Waals surface area (Å²) in [6, 6.07) is 68.4. The second-order valence-corrected chi connectivity index (χ2v) is 15.9. The minimum absolute atomic E-state index is 0.526. The molecule has 0 amide bonds. The van der Waals surface area contributed by atoms with Crippen LogP contribution in [-0.2, 0) is 5.41 Å². The molecule has 13 rings (SSSR count). The van der Waals surface area contributed by atoms with Gasteiger partial charge in [-0.05, 0) is 40.5 Å². The van der Waals surface area contributed by atoms with Crippen LogP contribution in [0.4, 0.5) is 0 Å². The number of hydrogen-bond acceptors (Lipinski definition) is 7. The van der Waals surface area contributed by atoms with Crippen LogP contribution in [0, 0.1) is 0 Å². The minimum atomic E-state index is -0.785. The van der Waals surface area contributed by atoms with E-state index in [2.05, 4.69) is 78.9 Å². The topological polar surface area (TPSA) is 86.8 Å². The molecule has 0 saturated heterocycles. The molecule has 4 heterocycles. The molecule has 0 radical (unpaired) electrons. The van der Waals surface area contributed by atoms with E-state index in [4.69, 9.17) is 34.1 Å². The fourth-order valence-corrected chi connectivity index (χ4v) is 9.84. The fraction of sp³-hybridized carbons (Fsp3) is 0.0179. The van der Waals surface area contributed by atoms with Gasteiger partial charge >= 0.3 is 0 Å². The third-order valence-corrected chi connectivity index (χ3v) is 12.5. The number of benzene rings is 8. The van der Waals surface area contributed by atoms with Crippen LogP contribution in [0.15, 0.2) is 205 Å². The standard InChI is InChI=1S/C56H33N5O2/c1-4-18-34(19-5-1)51-57-50(49-37-24-10-13-31-44(37)63-55(49)61-51)38-25-16-29-42-47(38)48-39(54-59-52(35-20-6-2-7-21-35)58-53(60-54)36-22-8-3-9-23-36)26-17-30-43(48)56(42)40-27-11-14-32-45(40)62-46-33-15-12-28-41(46)56/h1-33H. The first kappa shape index (κ1) is 35.2. The van der Waals surface area contributed by atoms with Crippen molar-refractivity contribution in [1.82, 2.24) is 24.9 Å². The van der Waals surface area contributed by atoms with Crippen molar-refractivity contribution in [2.45, 2.75) is 5.41 Å². The average molecular weight is 808 g/mol. The molecule has 0 unspecified atom stereocenters. The maximum absolute atomic E-state index is 6.75. The molecule has 0 saturated carbocycles. The number of furan rings is 1. The maximum Gasteiger partial charge on any atom is 0.231 e. The van der Waals surface area contributed by atoms with Gasteiger partial charge in [0.25, 0.3) is 0 Å². The zero-order chi connectivity index (χ0) is 41.5. The molecular weight excluding hydrogens is 775 g/mol. The molecule has 11 aromatic rings. The van der Waals surface area contributed by atoms with Crippen LogP contribution in [0.1, 0.15) is 22.3 Å². The highest BCUT2D eigenvalue weighted by molar-refractivity contribution is 6.13. The van der Waals surface area contributed by atoms with Gasteiger partial charge < -0.3 is 9.15 Å². The molecule has 2 aliphatic rings. The molecule has 0 bridgehead atoms. The fourth-order valence-electron chi connectivity index (χ4n) is 9.84. The van der Waals surface area contributed by atoms with E-state index < -0.39 is 5.41 Å². The Hall–Kier alpha value is -8.55. The van der Waals surface area contributed by atoms with Crippen molar-refractivity contribution >= 4 is 22.1 Å². The highest BCUT2D eigenvalue weighted by Crippen LogP contribution is 2.65. The zero-order valence-corrected chi connectivity index (χ0v) is 33.6. The second-order valence-electron chi connectivity index (χ2n) is 15.9. The lowest BCUT2D eigenvalue weighted by Crippen LogP contribution is -2.32. The third kappa shape index (κ3) is 5.23. The molecule has 1 spiro atoms. The van der Waals surface area contributed by atoms with Gasteiger partial charge in [-0.15, -0.1) is 0 Å². The van der Waals surface area contributed by atoms with Crippen molar-refractivity contribution < 1.29 is 9.15 Å². The molecule has 7 nitrogen and oxygen atoms in total. The quantitative estimate of drug-likeness (QED) is 0.171. The summed E-state index contributed by atoms with van der Waals surface area (Å²) in [6.07, 6.45) is 0. The van der Waals surface area contributed by atoms with Crippen LogP contribution in [0.5, 0.6) is 11.5 Å². The highest BCUT2D eigenvalue weighted by Gasteiger charge is 2.52. The van der Waals surface area contributed by atoms with E-state index in [0.717, 1.165) is 94.7 Å². The first-order valence-electron chi connectivity index (χ1n) is 21.0. The monoisotopic (exact) mass is 807 g/mol. The van der Waals surface area contributed by atoms with E-state index in [0.29, 0.717) is 29.0 Å². The van der Waals surface area contributed by atoms with Crippen LogP contribution >= 0.6 is 0 Å². The average Bonchev–Trinajstić information content (AvgIpc) is 3.89. The van der Waals surface area contributed by atoms with Gasteiger partial charge in [-0.3, -0.25) is 0 Å². The molecule has 0 N–H and O–H groups in total. The predicted octanol–water partition coefficient (Wildman–Crippen LogP) is 13.4. The summed E-state index contributed by atoms with van der Waals surface area (Å²) in [6.45, 7) is 0. The summed E-state index contributed by atoms with van der Waals surface area (Å²) in [5.74, 6) is 3.94. The Bertz CT molecular complexity index is 3500. The van der Waals surface area contributed by atoms with E-state index in [1.54, 1.807) is 0 Å². The van der Waals surface area contributed by atoms with Gasteiger partial charge in [0.2, 0.25) is 5.71 Å². The van der Waals surface area contributed by atoms with Gasteiger partial charge in [0.1, 0.15) is 17.1 Å². The molecule has 0 atom stereocenters. The van der Waals surface area contributed by atoms with Gasteiger partial charge in [-0.25, -0.2) is 19.9 Å². The molecule has 1 aliphatic heterocycles. The lowest BCUT2D eigenvalue weighted by Gasteiger charge is -2.39. The number of ether oxygens (including phenoxy) is 1. The number of rotatable bonds is 5. The van der Waals surface area contributed by atoms with Crippen molar-refractivity contribution in [3.05, 3.63) is 222 Å². The van der Waals surface area contributed by atoms with Crippen molar-refractivity contribution in [3.63, 3.8) is 0 Å². The van der Waals surface area contributed by atoms with Gasteiger partial charge in [0.15, 0.2) is 23.3 Å². The summed E-state index contributed by atoms with van der Waals surface area (Å²) < 4.78 is 13.3. The molecular formula is C56H33N5O2. The Balaban J connectivity index is 1.19. The highest BCUT2D eigenvalue weighted by atomic mass is 16.5. The normalized spacial score (nSPS) is 13.0. The molecule has 1 aliphatic carbocycles. The molecule has 7 heteroatoms. The number of nitrogens with zero attached hydrogens (tertiary/aromatic N) is 5. The van der Waals surface area contributed by atoms with E-state index in [1.165, 1.54) is 0 Å². The van der Waals surface area contributed by atoms with Crippen LogP contribution in [-0.4, -0.2) is 24.9 Å². The summed E-state index contributed by atoms with van der Waals surface area (Å²) >= 11 is 0. The van der Waals surface area contributed by atoms with Gasteiger partial charge in [-0.2, -0.15) is 4.98 Å². The minimum Gasteiger partial charge on any atom is -0.457 e. The van der Waals surface area contributed by atoms with Gasteiger partial charge in [-0.1, -0.05) is 182 Å². The second kappa shape index (κ2) is 13.7. The van der Waals surface area contributed by atoms with E-state index >= 15 is 0 Å². The third-order valence-electron chi connectivity index (χ3n) is 12.5. The Morgan fingerprint density at radius 1 is 0.349 bits per heavy atom. The molecule has 0 fully saturated rings. The predicted molar refractivity (Wildman–Crippen MR) is 247 cm³/mol. The van der Waals surface area contributed by atoms with Crippen LogP contribution in [0.3, 0.4) is 0 Å². The van der Waals surface area contributed by atoms with Crippen LogP contribution in [0.2, 0.25) is 0 Å². The smallest absolute Gasteiger partial charge is 0.231 e. The maximum atomic E-state index is 6.75. The summed E-state index contributed by atoms with van der Waals surface area (Å²) in [5, 5.41) is 1.80. The largest absolute Gasteiger partial charge is 0.457 e. The SMILES string of the molecule is c1ccc(-c2nc(-c3ccccc3)nc(-c3cccc4c3-c3c(-c5nc(-c6ccccc6)nc6oc7ccccc7c56)cccc3C43c4ccccc4Oc4ccccc43)n2)cc1. The van der Waals surface area contributed by atoms with Gasteiger partial charge in [0, 0.05) is 44.3 Å². The lowest BCUT2D eigenvalue weighted by molar-refractivity contribution is 0.436. The van der Waals surface area contributed by atoms with E-state index in [-0.39, 0.29) is 0 Å². The summed E-state index contributed by atoms with van der Waals surface area (Å²) in [4.78, 5) is 26.3. The molecule has 63 heavy (non-hydrogen) atoms. The Morgan fingerprint density at radius 3 is 1.41 bits per heavy atom. The summed E-state index contributed by atoms with van der Waals surface area (Å²) in [5.41, 5.74) is 12.1. The van der Waals surface area contributed by atoms with Crippen LogP contribution in [0.25, 0.3) is 90.0 Å². The Kier molecular flexibility index (Phi) is 7.68. The van der Waals surface area contributed by atoms with Crippen molar-refractivity contribution in [3.8, 4) is 79.4 Å². The first-order chi connectivity index (χ1) is 31.2. The van der Waals surface area contributed by atoms with Crippen molar-refractivity contribution in [1.29, 1.82) is 0 Å². The van der Waals surface area contributed by atoms with E-state index in [1.807, 2.05) is 121 Å². The van der Waals surface area contributed by atoms with Crippen LogP contribution < -0.4 is 4.74 Å². The zero-order valence-electron chi connectivity index (χ0n) is 33.6. The van der Waals surface area contributed by atoms with Crippen molar-refractivity contribution in [2.24, 2.45) is 0 Å². The van der Waals surface area contributed by atoms with Gasteiger partial charge in [0.05, 0.1) is 16.5 Å². The number of fused-ring (bicyclic) bond motifs is 12. The molecule has 3 aromatic heterocycles. The number of aromatic nitrogens is 5.